The lowest BCUT2D eigenvalue weighted by Gasteiger charge is -2.31. The van der Waals surface area contributed by atoms with Crippen molar-refractivity contribution >= 4 is 70.0 Å². The highest BCUT2D eigenvalue weighted by Gasteiger charge is 2.29. The minimum absolute atomic E-state index is 0.142. The van der Waals surface area contributed by atoms with Crippen molar-refractivity contribution in [1.82, 2.24) is 10.2 Å². The molecule has 9 heteroatoms. The van der Waals surface area contributed by atoms with Gasteiger partial charge in [0.1, 0.15) is 6.04 Å². The van der Waals surface area contributed by atoms with Crippen molar-refractivity contribution in [1.29, 1.82) is 0 Å². The van der Waals surface area contributed by atoms with E-state index in [1.807, 2.05) is 13.8 Å². The van der Waals surface area contributed by atoms with E-state index in [9.17, 15) is 9.59 Å². The van der Waals surface area contributed by atoms with Crippen LogP contribution in [-0.4, -0.2) is 35.1 Å². The normalized spacial score (nSPS) is 11.8. The number of carbonyl (C=O) groups is 2. The van der Waals surface area contributed by atoms with Crippen molar-refractivity contribution in [3.63, 3.8) is 0 Å². The van der Waals surface area contributed by atoms with Crippen LogP contribution < -0.4 is 5.32 Å². The second-order valence-electron chi connectivity index (χ2n) is 7.13. The van der Waals surface area contributed by atoms with Gasteiger partial charge < -0.3 is 10.2 Å². The van der Waals surface area contributed by atoms with Gasteiger partial charge in [-0.2, -0.15) is 0 Å². The molecule has 2 rings (SSSR count). The number of halogens is 4. The van der Waals surface area contributed by atoms with Crippen molar-refractivity contribution in [2.75, 3.05) is 12.3 Å². The van der Waals surface area contributed by atoms with Crippen molar-refractivity contribution in [3.05, 3.63) is 67.6 Å². The molecule has 0 fully saturated rings. The third-order valence-electron chi connectivity index (χ3n) is 4.86. The summed E-state index contributed by atoms with van der Waals surface area (Å²) in [5, 5.41) is 4.91. The highest BCUT2D eigenvalue weighted by molar-refractivity contribution is 7.99. The van der Waals surface area contributed by atoms with Crippen molar-refractivity contribution in [2.24, 2.45) is 0 Å². The van der Waals surface area contributed by atoms with Crippen LogP contribution in [0.15, 0.2) is 36.4 Å². The van der Waals surface area contributed by atoms with Gasteiger partial charge in [0.25, 0.3) is 0 Å². The largest absolute Gasteiger partial charge is 0.354 e. The van der Waals surface area contributed by atoms with E-state index in [-0.39, 0.29) is 24.1 Å². The first-order chi connectivity index (χ1) is 15.3. The fraction of sp³-hybridized carbons (Fsp3) is 0.391. The molecular formula is C23H26Cl4N2O2S. The Morgan fingerprint density at radius 3 is 1.97 bits per heavy atom. The molecule has 0 bridgehead atoms. The highest BCUT2D eigenvalue weighted by Crippen LogP contribution is 2.30. The maximum atomic E-state index is 13.3. The Morgan fingerprint density at radius 2 is 1.47 bits per heavy atom. The number of carbonyl (C=O) groups excluding carboxylic acids is 2. The quantitative estimate of drug-likeness (QED) is 0.341. The van der Waals surface area contributed by atoms with Crippen LogP contribution in [-0.2, 0) is 21.9 Å². The average molecular weight is 536 g/mol. The Morgan fingerprint density at radius 1 is 0.938 bits per heavy atom. The molecule has 0 aliphatic carbocycles. The predicted molar refractivity (Wildman–Crippen MR) is 137 cm³/mol. The lowest BCUT2D eigenvalue weighted by atomic mass is 10.1. The maximum absolute atomic E-state index is 13.3. The van der Waals surface area contributed by atoms with Gasteiger partial charge in [-0.05, 0) is 42.7 Å². The van der Waals surface area contributed by atoms with E-state index in [1.54, 1.807) is 41.3 Å². The standard InChI is InChI=1S/C23H26Cl4N2O2S/c1-3-11-28-23(31)21(4-2)29(12-15-17(24)7-5-8-18(15)25)22(30)14-32-13-16-19(26)9-6-10-20(16)27/h5-10,21H,3-4,11-14H2,1-2H3,(H,28,31)/t21-/m1/s1. The van der Waals surface area contributed by atoms with Crippen molar-refractivity contribution in [2.45, 2.75) is 45.0 Å². The molecule has 0 aromatic heterocycles. The molecule has 174 valence electrons. The molecule has 0 radical (unpaired) electrons. The van der Waals surface area contributed by atoms with Crippen LogP contribution in [0.1, 0.15) is 37.8 Å². The van der Waals surface area contributed by atoms with Crippen LogP contribution >= 0.6 is 58.2 Å². The monoisotopic (exact) mass is 534 g/mol. The van der Waals surface area contributed by atoms with E-state index >= 15 is 0 Å². The maximum Gasteiger partial charge on any atom is 0.242 e. The molecule has 0 unspecified atom stereocenters. The summed E-state index contributed by atoms with van der Waals surface area (Å²) in [6, 6.07) is 9.86. The number of rotatable bonds is 11. The summed E-state index contributed by atoms with van der Waals surface area (Å²) in [5.74, 6) is 0.253. The second-order valence-corrected chi connectivity index (χ2v) is 9.74. The molecule has 32 heavy (non-hydrogen) atoms. The van der Waals surface area contributed by atoms with Crippen LogP contribution in [0, 0.1) is 0 Å². The van der Waals surface area contributed by atoms with Gasteiger partial charge >= 0.3 is 0 Å². The number of hydrogen-bond donors (Lipinski definition) is 1. The summed E-state index contributed by atoms with van der Waals surface area (Å²) in [6.07, 6.45) is 1.27. The molecule has 0 saturated carbocycles. The van der Waals surface area contributed by atoms with Crippen LogP contribution in [0.25, 0.3) is 0 Å². The van der Waals surface area contributed by atoms with Gasteiger partial charge in [0.05, 0.1) is 5.75 Å². The summed E-state index contributed by atoms with van der Waals surface area (Å²) < 4.78 is 0. The number of nitrogens with one attached hydrogen (secondary N) is 1. The van der Waals surface area contributed by atoms with Gasteiger partial charge in [0.15, 0.2) is 0 Å². The Bertz CT molecular complexity index is 902. The smallest absolute Gasteiger partial charge is 0.242 e. The molecule has 0 heterocycles. The summed E-state index contributed by atoms with van der Waals surface area (Å²) >= 11 is 26.6. The van der Waals surface area contributed by atoms with Crippen LogP contribution in [0.5, 0.6) is 0 Å². The van der Waals surface area contributed by atoms with E-state index in [2.05, 4.69) is 5.32 Å². The first-order valence-electron chi connectivity index (χ1n) is 10.3. The minimum atomic E-state index is -0.633. The van der Waals surface area contributed by atoms with E-state index in [0.717, 1.165) is 12.0 Å². The van der Waals surface area contributed by atoms with Gasteiger partial charge in [-0.3, -0.25) is 9.59 Å². The highest BCUT2D eigenvalue weighted by atomic mass is 35.5. The third kappa shape index (κ3) is 7.46. The van der Waals surface area contributed by atoms with E-state index < -0.39 is 6.04 Å². The average Bonchev–Trinajstić information content (AvgIpc) is 2.76. The summed E-state index contributed by atoms with van der Waals surface area (Å²) in [6.45, 7) is 4.54. The molecule has 0 spiro atoms. The summed E-state index contributed by atoms with van der Waals surface area (Å²) in [4.78, 5) is 27.6. The number of benzene rings is 2. The van der Waals surface area contributed by atoms with Gasteiger partial charge in [-0.1, -0.05) is 72.4 Å². The molecule has 0 saturated heterocycles. The molecule has 2 aromatic rings. The van der Waals surface area contributed by atoms with Crippen molar-refractivity contribution < 1.29 is 9.59 Å². The lowest BCUT2D eigenvalue weighted by molar-refractivity contribution is -0.139. The molecule has 2 aromatic carbocycles. The molecule has 0 aliphatic heterocycles. The first-order valence-corrected chi connectivity index (χ1v) is 13.0. The number of thioether (sulfide) groups is 1. The van der Waals surface area contributed by atoms with Gasteiger partial charge in [0.2, 0.25) is 11.8 Å². The molecule has 1 atom stereocenters. The zero-order chi connectivity index (χ0) is 23.7. The van der Waals surface area contributed by atoms with Gasteiger partial charge in [-0.15, -0.1) is 11.8 Å². The van der Waals surface area contributed by atoms with Crippen LogP contribution in [0.4, 0.5) is 0 Å². The molecule has 0 aliphatic rings. The van der Waals surface area contributed by atoms with E-state index in [1.165, 1.54) is 11.8 Å². The SMILES string of the molecule is CCCNC(=O)[C@@H](CC)N(Cc1c(Cl)cccc1Cl)C(=O)CSCc1c(Cl)cccc1Cl. The van der Waals surface area contributed by atoms with E-state index in [0.29, 0.717) is 44.4 Å². The second kappa shape index (κ2) is 13.6. The van der Waals surface area contributed by atoms with Gasteiger partial charge in [-0.25, -0.2) is 0 Å². The van der Waals surface area contributed by atoms with Gasteiger partial charge in [0, 0.05) is 44.5 Å². The summed E-state index contributed by atoms with van der Waals surface area (Å²) in [5.41, 5.74) is 1.40. The van der Waals surface area contributed by atoms with E-state index in [4.69, 9.17) is 46.4 Å². The number of hydrogen-bond acceptors (Lipinski definition) is 3. The Hall–Kier alpha value is -1.11. The molecule has 1 N–H and O–H groups in total. The fourth-order valence-electron chi connectivity index (χ4n) is 3.13. The van der Waals surface area contributed by atoms with Crippen LogP contribution in [0.2, 0.25) is 20.1 Å². The minimum Gasteiger partial charge on any atom is -0.354 e. The Kier molecular flexibility index (Phi) is 11.5. The van der Waals surface area contributed by atoms with Crippen LogP contribution in [0.3, 0.4) is 0 Å². The zero-order valence-electron chi connectivity index (χ0n) is 18.0. The topological polar surface area (TPSA) is 49.4 Å². The predicted octanol–water partition coefficient (Wildman–Crippen LogP) is 6.87. The Balaban J connectivity index is 2.22. The molecule has 4 nitrogen and oxygen atoms in total. The lowest BCUT2D eigenvalue weighted by Crippen LogP contribution is -2.49. The molecule has 2 amide bonds. The van der Waals surface area contributed by atoms with Crippen molar-refractivity contribution in [3.8, 4) is 0 Å². The number of nitrogens with zero attached hydrogens (tertiary/aromatic N) is 1. The molecular weight excluding hydrogens is 510 g/mol. The first kappa shape index (κ1) is 27.1. The number of amides is 2. The Labute approximate surface area is 213 Å². The fourth-order valence-corrected chi connectivity index (χ4v) is 5.30. The third-order valence-corrected chi connectivity index (χ3v) is 7.22. The summed E-state index contributed by atoms with van der Waals surface area (Å²) in [7, 11) is 0. The zero-order valence-corrected chi connectivity index (χ0v) is 21.8.